The lowest BCUT2D eigenvalue weighted by Crippen LogP contribution is -2.16. The van der Waals surface area contributed by atoms with Crippen LogP contribution in [-0.2, 0) is 4.74 Å². The van der Waals surface area contributed by atoms with E-state index in [4.69, 9.17) is 19.7 Å². The summed E-state index contributed by atoms with van der Waals surface area (Å²) in [7, 11) is 0. The van der Waals surface area contributed by atoms with Gasteiger partial charge in [0, 0.05) is 0 Å². The van der Waals surface area contributed by atoms with Crippen LogP contribution in [0.4, 0.5) is 0 Å². The summed E-state index contributed by atoms with van der Waals surface area (Å²) in [5.41, 5.74) is 1.47. The molecule has 0 radical (unpaired) electrons. The van der Waals surface area contributed by atoms with Gasteiger partial charge in [0.2, 0.25) is 0 Å². The van der Waals surface area contributed by atoms with Crippen molar-refractivity contribution in [2.24, 2.45) is 0 Å². The first kappa shape index (κ1) is 17.4. The van der Waals surface area contributed by atoms with Gasteiger partial charge >= 0.3 is 0 Å². The molecule has 0 heterocycles. The van der Waals surface area contributed by atoms with E-state index in [1.54, 1.807) is 18.2 Å². The van der Waals surface area contributed by atoms with Crippen molar-refractivity contribution in [2.75, 3.05) is 26.4 Å². The minimum absolute atomic E-state index is 0.0681. The number of hydrogen-bond donors (Lipinski definition) is 3. The average Bonchev–Trinajstić information content (AvgIpc) is 2.61. The number of hydrogen-bond acceptors (Lipinski definition) is 5. The van der Waals surface area contributed by atoms with Crippen molar-refractivity contribution >= 4 is 0 Å². The van der Waals surface area contributed by atoms with Gasteiger partial charge in [-0.1, -0.05) is 42.5 Å². The van der Waals surface area contributed by atoms with Gasteiger partial charge in [-0.05, 0) is 23.3 Å². The second-order valence-electron chi connectivity index (χ2n) is 5.02. The summed E-state index contributed by atoms with van der Waals surface area (Å²) in [6, 6.07) is 16.4. The normalized spacial score (nSPS) is 13.5. The molecule has 0 saturated heterocycles. The first-order chi connectivity index (χ1) is 11.3. The van der Waals surface area contributed by atoms with Gasteiger partial charge in [0.15, 0.2) is 0 Å². The largest absolute Gasteiger partial charge is 0.491 e. The van der Waals surface area contributed by atoms with E-state index >= 15 is 0 Å². The van der Waals surface area contributed by atoms with Crippen LogP contribution in [0.2, 0.25) is 0 Å². The molecule has 124 valence electrons. The summed E-state index contributed by atoms with van der Waals surface area (Å²) in [4.78, 5) is 0. The van der Waals surface area contributed by atoms with E-state index in [-0.39, 0.29) is 26.4 Å². The Morgan fingerprint density at radius 3 is 2.22 bits per heavy atom. The van der Waals surface area contributed by atoms with Crippen molar-refractivity contribution in [3.63, 3.8) is 0 Å². The van der Waals surface area contributed by atoms with E-state index < -0.39 is 12.2 Å². The average molecular weight is 318 g/mol. The van der Waals surface area contributed by atoms with Gasteiger partial charge in [-0.3, -0.25) is 0 Å². The van der Waals surface area contributed by atoms with E-state index in [0.29, 0.717) is 5.75 Å². The summed E-state index contributed by atoms with van der Waals surface area (Å²) in [5, 5.41) is 28.5. The number of rotatable bonds is 9. The highest BCUT2D eigenvalue weighted by molar-refractivity contribution is 5.32. The molecule has 2 aromatic rings. The molecule has 0 bridgehead atoms. The van der Waals surface area contributed by atoms with Crippen LogP contribution in [0.1, 0.15) is 23.3 Å². The Morgan fingerprint density at radius 1 is 0.826 bits per heavy atom. The van der Waals surface area contributed by atoms with Gasteiger partial charge < -0.3 is 24.8 Å². The zero-order valence-electron chi connectivity index (χ0n) is 12.8. The maximum Gasteiger partial charge on any atom is 0.119 e. The zero-order chi connectivity index (χ0) is 16.5. The minimum Gasteiger partial charge on any atom is -0.491 e. The van der Waals surface area contributed by atoms with Crippen molar-refractivity contribution in [3.05, 3.63) is 65.7 Å². The Balaban J connectivity index is 2.23. The highest BCUT2D eigenvalue weighted by Gasteiger charge is 2.23. The molecule has 0 aromatic heterocycles. The SMILES string of the molecule is OCCOc1cccc(C(OCCO)C(O)c2ccccc2)c1. The predicted molar refractivity (Wildman–Crippen MR) is 86.2 cm³/mol. The fourth-order valence-corrected chi connectivity index (χ4v) is 2.32. The molecule has 2 aromatic carbocycles. The molecular formula is C18H22O5. The topological polar surface area (TPSA) is 79.2 Å². The van der Waals surface area contributed by atoms with Crippen LogP contribution in [0.15, 0.2) is 54.6 Å². The summed E-state index contributed by atoms with van der Waals surface area (Å²) in [6.45, 7) is 0.128. The first-order valence-corrected chi connectivity index (χ1v) is 7.55. The first-order valence-electron chi connectivity index (χ1n) is 7.55. The predicted octanol–water partition coefficient (Wildman–Crippen LogP) is 1.84. The van der Waals surface area contributed by atoms with Crippen LogP contribution in [0.5, 0.6) is 5.75 Å². The summed E-state index contributed by atoms with van der Waals surface area (Å²) in [5.74, 6) is 0.592. The zero-order valence-corrected chi connectivity index (χ0v) is 12.8. The molecule has 0 spiro atoms. The molecule has 23 heavy (non-hydrogen) atoms. The molecule has 0 amide bonds. The fourth-order valence-electron chi connectivity index (χ4n) is 2.32. The lowest BCUT2D eigenvalue weighted by Gasteiger charge is -2.24. The van der Waals surface area contributed by atoms with Crippen molar-refractivity contribution in [1.82, 2.24) is 0 Å². The van der Waals surface area contributed by atoms with E-state index in [0.717, 1.165) is 11.1 Å². The Bertz CT molecular complexity index is 573. The van der Waals surface area contributed by atoms with Crippen LogP contribution in [0.3, 0.4) is 0 Å². The van der Waals surface area contributed by atoms with E-state index in [1.165, 1.54) is 0 Å². The molecule has 2 unspecified atom stereocenters. The summed E-state index contributed by atoms with van der Waals surface area (Å²) < 4.78 is 11.0. The Morgan fingerprint density at radius 2 is 1.52 bits per heavy atom. The summed E-state index contributed by atoms with van der Waals surface area (Å²) in [6.07, 6.45) is -1.49. The monoisotopic (exact) mass is 318 g/mol. The highest BCUT2D eigenvalue weighted by Crippen LogP contribution is 2.33. The molecule has 2 atom stereocenters. The third kappa shape index (κ3) is 5.04. The second kappa shape index (κ2) is 9.27. The molecule has 0 aliphatic heterocycles. The second-order valence-corrected chi connectivity index (χ2v) is 5.02. The lowest BCUT2D eigenvalue weighted by molar-refractivity contribution is -0.0512. The molecule has 3 N–H and O–H groups in total. The van der Waals surface area contributed by atoms with Crippen LogP contribution < -0.4 is 4.74 Å². The Hall–Kier alpha value is -1.92. The maximum absolute atomic E-state index is 10.6. The van der Waals surface area contributed by atoms with Gasteiger partial charge in [0.25, 0.3) is 0 Å². The van der Waals surface area contributed by atoms with Crippen molar-refractivity contribution in [1.29, 1.82) is 0 Å². The van der Waals surface area contributed by atoms with E-state index in [1.807, 2.05) is 36.4 Å². The van der Waals surface area contributed by atoms with Crippen molar-refractivity contribution < 1.29 is 24.8 Å². The van der Waals surface area contributed by atoms with Gasteiger partial charge in [0.05, 0.1) is 19.8 Å². The molecule has 0 aliphatic rings. The van der Waals surface area contributed by atoms with Gasteiger partial charge in [-0.15, -0.1) is 0 Å². The van der Waals surface area contributed by atoms with Gasteiger partial charge in [-0.25, -0.2) is 0 Å². The molecule has 0 fully saturated rings. The highest BCUT2D eigenvalue weighted by atomic mass is 16.5. The van der Waals surface area contributed by atoms with Crippen molar-refractivity contribution in [2.45, 2.75) is 12.2 Å². The number of benzene rings is 2. The molecule has 2 rings (SSSR count). The minimum atomic E-state index is -0.865. The summed E-state index contributed by atoms with van der Waals surface area (Å²) >= 11 is 0. The third-order valence-corrected chi connectivity index (χ3v) is 3.36. The fraction of sp³-hybridized carbons (Fsp3) is 0.333. The van der Waals surface area contributed by atoms with E-state index in [9.17, 15) is 5.11 Å². The lowest BCUT2D eigenvalue weighted by atomic mass is 9.98. The Kier molecular flexibility index (Phi) is 7.03. The standard InChI is InChI=1S/C18H22O5/c19-9-11-22-16-8-4-7-15(13-16)18(23-12-10-20)17(21)14-5-2-1-3-6-14/h1-8,13,17-21H,9-12H2. The number of aliphatic hydroxyl groups excluding tert-OH is 3. The quantitative estimate of drug-likeness (QED) is 0.657. The molecule has 5 nitrogen and oxygen atoms in total. The van der Waals surface area contributed by atoms with Crippen LogP contribution in [-0.4, -0.2) is 41.7 Å². The number of aliphatic hydroxyl groups is 3. The Labute approximate surface area is 135 Å². The third-order valence-electron chi connectivity index (χ3n) is 3.36. The molecule has 0 aliphatic carbocycles. The molecule has 0 saturated carbocycles. The number of ether oxygens (including phenoxy) is 2. The van der Waals surface area contributed by atoms with Gasteiger partial charge in [0.1, 0.15) is 24.6 Å². The molecular weight excluding hydrogens is 296 g/mol. The van der Waals surface area contributed by atoms with E-state index in [2.05, 4.69) is 0 Å². The smallest absolute Gasteiger partial charge is 0.119 e. The van der Waals surface area contributed by atoms with Crippen LogP contribution in [0, 0.1) is 0 Å². The maximum atomic E-state index is 10.6. The van der Waals surface area contributed by atoms with Crippen molar-refractivity contribution in [3.8, 4) is 5.75 Å². The van der Waals surface area contributed by atoms with Crippen LogP contribution in [0.25, 0.3) is 0 Å². The van der Waals surface area contributed by atoms with Crippen LogP contribution >= 0.6 is 0 Å². The van der Waals surface area contributed by atoms with Gasteiger partial charge in [-0.2, -0.15) is 0 Å². The molecule has 5 heteroatoms.